The molecule has 7 heteroatoms. The molecule has 5 nitrogen and oxygen atoms in total. The fraction of sp³-hybridized carbons (Fsp3) is 0.533. The van der Waals surface area contributed by atoms with Crippen LogP contribution in [0.5, 0.6) is 0 Å². The van der Waals surface area contributed by atoms with Crippen molar-refractivity contribution in [3.05, 3.63) is 35.6 Å². The van der Waals surface area contributed by atoms with E-state index in [0.29, 0.717) is 37.9 Å². The molecule has 1 aliphatic rings. The summed E-state index contributed by atoms with van der Waals surface area (Å²) in [6, 6.07) is 5.88. The first-order valence-corrected chi connectivity index (χ1v) is 8.97. The Morgan fingerprint density at radius 2 is 2.14 bits per heavy atom. The number of benzene rings is 1. The average Bonchev–Trinajstić information content (AvgIpc) is 2.87. The first-order valence-electron chi connectivity index (χ1n) is 7.36. The van der Waals surface area contributed by atoms with E-state index < -0.39 is 16.1 Å². The molecule has 122 valence electrons. The molecule has 0 saturated carbocycles. The molecule has 2 rings (SSSR count). The zero-order valence-electron chi connectivity index (χ0n) is 12.5. The quantitative estimate of drug-likeness (QED) is 0.612. The van der Waals surface area contributed by atoms with Crippen molar-refractivity contribution in [3.63, 3.8) is 0 Å². The predicted octanol–water partition coefficient (Wildman–Crippen LogP) is 1.67. The van der Waals surface area contributed by atoms with Crippen LogP contribution in [0.4, 0.5) is 4.39 Å². The van der Waals surface area contributed by atoms with Crippen LogP contribution < -0.4 is 5.32 Å². The van der Waals surface area contributed by atoms with Gasteiger partial charge in [0.25, 0.3) is 0 Å². The van der Waals surface area contributed by atoms with Gasteiger partial charge in [-0.15, -0.1) is 0 Å². The second-order valence-electron chi connectivity index (χ2n) is 5.69. The third kappa shape index (κ3) is 3.84. The van der Waals surface area contributed by atoms with Gasteiger partial charge in [-0.3, -0.25) is 4.79 Å². The fourth-order valence-electron chi connectivity index (χ4n) is 2.88. The molecule has 0 spiro atoms. The number of nitrogens with one attached hydrogen (secondary N) is 1. The van der Waals surface area contributed by atoms with Crippen molar-refractivity contribution < 1.29 is 17.6 Å². The molecule has 0 radical (unpaired) electrons. The molecule has 0 aliphatic carbocycles. The summed E-state index contributed by atoms with van der Waals surface area (Å²) in [5.74, 6) is -0.234. The van der Waals surface area contributed by atoms with Crippen molar-refractivity contribution in [1.29, 1.82) is 0 Å². The molecule has 1 aromatic rings. The minimum Gasteiger partial charge on any atom is -0.359 e. The number of nitrogens with zero attached hydrogens (tertiary/aromatic N) is 1. The van der Waals surface area contributed by atoms with Gasteiger partial charge in [-0.1, -0.05) is 25.1 Å². The highest BCUT2D eigenvalue weighted by Gasteiger charge is 2.39. The Balaban J connectivity index is 2.17. The summed E-state index contributed by atoms with van der Waals surface area (Å²) < 4.78 is 40.5. The Hall–Kier alpha value is -1.47. The molecule has 1 fully saturated rings. The standard InChI is InChI=1S/C15H21FN2O3S/c1-12-9-15(13-5-2-3-6-14(13)16)18(10-12)22(20,21)8-4-7-17-11-19/h2-3,5-6,11-12,15H,4,7-10H2,1H3,(H,17,19). The third-order valence-electron chi connectivity index (χ3n) is 3.89. The average molecular weight is 328 g/mol. The fourth-order valence-corrected chi connectivity index (χ4v) is 4.69. The number of rotatable bonds is 7. The second-order valence-corrected chi connectivity index (χ2v) is 7.73. The second kappa shape index (κ2) is 7.19. The smallest absolute Gasteiger partial charge is 0.214 e. The SMILES string of the molecule is CC1CC(c2ccccc2F)N(S(=O)(=O)CCCNC=O)C1. The minimum absolute atomic E-state index is 0.0501. The van der Waals surface area contributed by atoms with Crippen LogP contribution >= 0.6 is 0 Å². The molecule has 1 N–H and O–H groups in total. The van der Waals surface area contributed by atoms with Gasteiger partial charge in [0, 0.05) is 18.7 Å². The highest BCUT2D eigenvalue weighted by atomic mass is 32.2. The van der Waals surface area contributed by atoms with Crippen molar-refractivity contribution in [2.75, 3.05) is 18.8 Å². The molecule has 0 bridgehead atoms. The molecule has 2 unspecified atom stereocenters. The molecule has 1 aromatic carbocycles. The van der Waals surface area contributed by atoms with Gasteiger partial charge in [-0.25, -0.2) is 12.8 Å². The summed E-state index contributed by atoms with van der Waals surface area (Å²) in [6.45, 7) is 2.69. The molecular weight excluding hydrogens is 307 g/mol. The summed E-state index contributed by atoms with van der Waals surface area (Å²) in [7, 11) is -3.48. The van der Waals surface area contributed by atoms with Crippen LogP contribution in [0.25, 0.3) is 0 Å². The number of carbonyl (C=O) groups is 1. The summed E-state index contributed by atoms with van der Waals surface area (Å²) in [5, 5.41) is 2.45. The van der Waals surface area contributed by atoms with Crippen molar-refractivity contribution in [2.24, 2.45) is 5.92 Å². The van der Waals surface area contributed by atoms with Crippen LogP contribution in [0.3, 0.4) is 0 Å². The molecular formula is C15H21FN2O3S. The van der Waals surface area contributed by atoms with Crippen LogP contribution in [-0.4, -0.2) is 38.0 Å². The van der Waals surface area contributed by atoms with E-state index in [1.54, 1.807) is 18.2 Å². The Kier molecular flexibility index (Phi) is 5.52. The zero-order chi connectivity index (χ0) is 16.2. The molecule has 1 heterocycles. The van der Waals surface area contributed by atoms with Crippen LogP contribution in [0, 0.1) is 11.7 Å². The van der Waals surface area contributed by atoms with E-state index in [1.165, 1.54) is 10.4 Å². The highest BCUT2D eigenvalue weighted by molar-refractivity contribution is 7.89. The Bertz CT molecular complexity index is 621. The van der Waals surface area contributed by atoms with Crippen LogP contribution in [0.2, 0.25) is 0 Å². The number of amides is 1. The van der Waals surface area contributed by atoms with Crippen LogP contribution in [0.1, 0.15) is 31.4 Å². The third-order valence-corrected chi connectivity index (χ3v) is 5.82. The monoisotopic (exact) mass is 328 g/mol. The van der Waals surface area contributed by atoms with Crippen molar-refractivity contribution in [2.45, 2.75) is 25.8 Å². The lowest BCUT2D eigenvalue weighted by Gasteiger charge is -2.24. The van der Waals surface area contributed by atoms with Crippen molar-refractivity contribution in [3.8, 4) is 0 Å². The van der Waals surface area contributed by atoms with Gasteiger partial charge in [-0.05, 0) is 24.8 Å². The van der Waals surface area contributed by atoms with Gasteiger partial charge in [0.05, 0.1) is 11.8 Å². The maximum Gasteiger partial charge on any atom is 0.214 e. The van der Waals surface area contributed by atoms with Crippen LogP contribution in [-0.2, 0) is 14.8 Å². The first-order chi connectivity index (χ1) is 10.5. The van der Waals surface area contributed by atoms with Gasteiger partial charge in [-0.2, -0.15) is 4.31 Å². The van der Waals surface area contributed by atoms with Gasteiger partial charge in [0.2, 0.25) is 16.4 Å². The molecule has 1 amide bonds. The van der Waals surface area contributed by atoms with Gasteiger partial charge >= 0.3 is 0 Å². The van der Waals surface area contributed by atoms with Crippen molar-refractivity contribution in [1.82, 2.24) is 9.62 Å². The lowest BCUT2D eigenvalue weighted by atomic mass is 10.0. The Morgan fingerprint density at radius 1 is 1.41 bits per heavy atom. The van der Waals surface area contributed by atoms with E-state index in [0.717, 1.165) is 0 Å². The van der Waals surface area contributed by atoms with Gasteiger partial charge in [0.15, 0.2) is 0 Å². The number of hydrogen-bond donors (Lipinski definition) is 1. The summed E-state index contributed by atoms with van der Waals surface area (Å²) >= 11 is 0. The van der Waals surface area contributed by atoms with E-state index >= 15 is 0 Å². The van der Waals surface area contributed by atoms with E-state index in [1.807, 2.05) is 6.92 Å². The molecule has 22 heavy (non-hydrogen) atoms. The molecule has 2 atom stereocenters. The molecule has 0 aromatic heterocycles. The molecule has 1 saturated heterocycles. The van der Waals surface area contributed by atoms with E-state index in [-0.39, 0.29) is 17.5 Å². The summed E-state index contributed by atoms with van der Waals surface area (Å²) in [4.78, 5) is 10.2. The van der Waals surface area contributed by atoms with Gasteiger partial charge in [0.1, 0.15) is 5.82 Å². The predicted molar refractivity (Wildman–Crippen MR) is 82.1 cm³/mol. The maximum absolute atomic E-state index is 14.0. The Labute approximate surface area is 130 Å². The summed E-state index contributed by atoms with van der Waals surface area (Å²) in [5.41, 5.74) is 0.432. The van der Waals surface area contributed by atoms with Crippen molar-refractivity contribution >= 4 is 16.4 Å². The maximum atomic E-state index is 14.0. The highest BCUT2D eigenvalue weighted by Crippen LogP contribution is 2.38. The van der Waals surface area contributed by atoms with E-state index in [2.05, 4.69) is 5.32 Å². The summed E-state index contributed by atoms with van der Waals surface area (Å²) in [6.07, 6.45) is 1.51. The number of carbonyl (C=O) groups excluding carboxylic acids is 1. The Morgan fingerprint density at radius 3 is 2.82 bits per heavy atom. The molecule has 1 aliphatic heterocycles. The lowest BCUT2D eigenvalue weighted by molar-refractivity contribution is -0.109. The van der Waals surface area contributed by atoms with Gasteiger partial charge < -0.3 is 5.32 Å². The first kappa shape index (κ1) is 16.9. The minimum atomic E-state index is -3.48. The largest absolute Gasteiger partial charge is 0.359 e. The number of sulfonamides is 1. The lowest BCUT2D eigenvalue weighted by Crippen LogP contribution is -2.34. The number of hydrogen-bond acceptors (Lipinski definition) is 3. The normalized spacial score (nSPS) is 22.6. The van der Waals surface area contributed by atoms with E-state index in [4.69, 9.17) is 0 Å². The van der Waals surface area contributed by atoms with Crippen LogP contribution in [0.15, 0.2) is 24.3 Å². The topological polar surface area (TPSA) is 66.5 Å². The zero-order valence-corrected chi connectivity index (χ0v) is 13.4. The van der Waals surface area contributed by atoms with E-state index in [9.17, 15) is 17.6 Å². The number of halogens is 1.